The van der Waals surface area contributed by atoms with Crippen molar-refractivity contribution in [3.8, 4) is 0 Å². The van der Waals surface area contributed by atoms with Crippen molar-refractivity contribution >= 4 is 45.3 Å². The fraction of sp³-hybridized carbons (Fsp3) is 0.167. The zero-order chi connectivity index (χ0) is 13.3. The van der Waals surface area contributed by atoms with Gasteiger partial charge >= 0.3 is 5.97 Å². The zero-order valence-corrected chi connectivity index (χ0v) is 11.0. The van der Waals surface area contributed by atoms with Gasteiger partial charge in [0.2, 0.25) is 0 Å². The Hall–Kier alpha value is -1.52. The van der Waals surface area contributed by atoms with E-state index < -0.39 is 11.2 Å². The van der Waals surface area contributed by atoms with Crippen LogP contribution in [0.3, 0.4) is 0 Å². The van der Waals surface area contributed by atoms with E-state index in [1.54, 1.807) is 25.1 Å². The molecule has 6 heteroatoms. The summed E-state index contributed by atoms with van der Waals surface area (Å²) < 4.78 is 1.23. The number of carbonyl (C=O) groups is 2. The van der Waals surface area contributed by atoms with Crippen molar-refractivity contribution in [3.63, 3.8) is 0 Å². The lowest BCUT2D eigenvalue weighted by Crippen LogP contribution is -2.17. The van der Waals surface area contributed by atoms with Gasteiger partial charge in [0.05, 0.1) is 17.3 Å². The highest BCUT2D eigenvalue weighted by atomic mass is 35.5. The van der Waals surface area contributed by atoms with E-state index in [-0.39, 0.29) is 12.0 Å². The molecule has 94 valence electrons. The average Bonchev–Trinajstić information content (AvgIpc) is 2.67. The molecule has 0 aliphatic heterocycles. The number of rotatable bonds is 3. The highest BCUT2D eigenvalue weighted by Crippen LogP contribution is 2.25. The summed E-state index contributed by atoms with van der Waals surface area (Å²) in [5.41, 5.74) is 0.809. The van der Waals surface area contributed by atoms with Gasteiger partial charge in [0.25, 0.3) is 5.24 Å². The van der Waals surface area contributed by atoms with Gasteiger partial charge in [-0.25, -0.2) is 4.79 Å². The zero-order valence-electron chi connectivity index (χ0n) is 9.44. The van der Waals surface area contributed by atoms with Gasteiger partial charge in [-0.05, 0) is 29.8 Å². The topological polar surface area (TPSA) is 48.3 Å². The van der Waals surface area contributed by atoms with Crippen molar-refractivity contribution in [1.82, 2.24) is 4.73 Å². The minimum Gasteiger partial charge on any atom is -0.337 e. The molecule has 1 heterocycles. The quantitative estimate of drug-likeness (QED) is 0.815. The van der Waals surface area contributed by atoms with Crippen LogP contribution in [-0.4, -0.2) is 15.9 Å². The Bertz CT molecular complexity index is 634. The van der Waals surface area contributed by atoms with Crippen molar-refractivity contribution in [3.05, 3.63) is 35.0 Å². The van der Waals surface area contributed by atoms with Crippen molar-refractivity contribution in [2.24, 2.45) is 0 Å². The number of aromatic nitrogens is 1. The summed E-state index contributed by atoms with van der Waals surface area (Å²) in [4.78, 5) is 27.7. The molecule has 18 heavy (non-hydrogen) atoms. The molecular formula is C12H9Cl2NO3. The smallest absolute Gasteiger partial charge is 0.332 e. The Morgan fingerprint density at radius 1 is 1.39 bits per heavy atom. The number of halogens is 2. The lowest BCUT2D eigenvalue weighted by molar-refractivity contribution is -0.143. The van der Waals surface area contributed by atoms with Crippen LogP contribution < -0.4 is 4.84 Å². The fourth-order valence-corrected chi connectivity index (χ4v) is 1.90. The molecule has 4 nitrogen and oxygen atoms in total. The van der Waals surface area contributed by atoms with Crippen LogP contribution in [0, 0.1) is 0 Å². The maximum absolute atomic E-state index is 11.3. The molecule has 1 aromatic heterocycles. The van der Waals surface area contributed by atoms with E-state index in [9.17, 15) is 9.59 Å². The summed E-state index contributed by atoms with van der Waals surface area (Å²) in [6.45, 7) is 1.68. The Labute approximate surface area is 113 Å². The van der Waals surface area contributed by atoms with Gasteiger partial charge in [-0.3, -0.25) is 4.79 Å². The van der Waals surface area contributed by atoms with Crippen LogP contribution in [0.15, 0.2) is 24.4 Å². The Kier molecular flexibility index (Phi) is 3.59. The predicted octanol–water partition coefficient (Wildman–Crippen LogP) is 3.04. The molecule has 1 aromatic carbocycles. The lowest BCUT2D eigenvalue weighted by Gasteiger charge is -2.04. The van der Waals surface area contributed by atoms with Crippen molar-refractivity contribution in [2.75, 3.05) is 0 Å². The van der Waals surface area contributed by atoms with Gasteiger partial charge in [-0.1, -0.05) is 18.5 Å². The molecule has 0 bridgehead atoms. The predicted molar refractivity (Wildman–Crippen MR) is 69.0 cm³/mol. The molecule has 0 amide bonds. The second-order valence-corrected chi connectivity index (χ2v) is 4.40. The first-order valence-corrected chi connectivity index (χ1v) is 6.00. The van der Waals surface area contributed by atoms with Crippen LogP contribution in [0.2, 0.25) is 5.02 Å². The number of benzene rings is 1. The number of fused-ring (bicyclic) bond motifs is 1. The molecule has 0 atom stereocenters. The number of carbonyl (C=O) groups excluding carboxylic acids is 2. The van der Waals surface area contributed by atoms with E-state index in [1.165, 1.54) is 10.9 Å². The van der Waals surface area contributed by atoms with Crippen LogP contribution in [0.4, 0.5) is 0 Å². The van der Waals surface area contributed by atoms with Gasteiger partial charge in [0.1, 0.15) is 0 Å². The maximum Gasteiger partial charge on any atom is 0.332 e. The molecule has 2 aromatic rings. The van der Waals surface area contributed by atoms with Crippen molar-refractivity contribution in [2.45, 2.75) is 13.3 Å². The standard InChI is InChI=1S/C12H9Cl2NO3/c1-2-11(16)18-15-6-9(12(14)17)8-5-7(13)3-4-10(8)15/h3-6H,2H2,1H3. The number of nitrogens with zero attached hydrogens (tertiary/aromatic N) is 1. The van der Waals surface area contributed by atoms with E-state index in [0.717, 1.165) is 0 Å². The third-order valence-corrected chi connectivity index (χ3v) is 2.87. The summed E-state index contributed by atoms with van der Waals surface area (Å²) >= 11 is 11.3. The van der Waals surface area contributed by atoms with Crippen LogP contribution in [0.1, 0.15) is 23.7 Å². The molecule has 0 aliphatic rings. The Morgan fingerprint density at radius 3 is 2.72 bits per heavy atom. The van der Waals surface area contributed by atoms with E-state index >= 15 is 0 Å². The molecule has 0 unspecified atom stereocenters. The van der Waals surface area contributed by atoms with Crippen molar-refractivity contribution < 1.29 is 14.4 Å². The van der Waals surface area contributed by atoms with Gasteiger partial charge in [-0.2, -0.15) is 4.73 Å². The molecule has 0 N–H and O–H groups in total. The summed E-state index contributed by atoms with van der Waals surface area (Å²) in [5, 5.41) is 0.390. The molecule has 0 radical (unpaired) electrons. The van der Waals surface area contributed by atoms with Gasteiger partial charge in [0.15, 0.2) is 0 Å². The van der Waals surface area contributed by atoms with Gasteiger partial charge in [-0.15, -0.1) is 0 Å². The summed E-state index contributed by atoms with van der Waals surface area (Å²) in [6, 6.07) is 4.90. The Morgan fingerprint density at radius 2 is 2.11 bits per heavy atom. The molecule has 2 rings (SSSR count). The first-order valence-electron chi connectivity index (χ1n) is 5.24. The average molecular weight is 286 g/mol. The van der Waals surface area contributed by atoms with Gasteiger partial charge in [0, 0.05) is 16.8 Å². The summed E-state index contributed by atoms with van der Waals surface area (Å²) in [5.74, 6) is -0.407. The van der Waals surface area contributed by atoms with Crippen LogP contribution >= 0.6 is 23.2 Å². The fourth-order valence-electron chi connectivity index (χ4n) is 1.58. The largest absolute Gasteiger partial charge is 0.337 e. The summed E-state index contributed by atoms with van der Waals surface area (Å²) in [6.07, 6.45) is 1.61. The molecular weight excluding hydrogens is 277 g/mol. The molecule has 0 saturated heterocycles. The van der Waals surface area contributed by atoms with Crippen molar-refractivity contribution in [1.29, 1.82) is 0 Å². The molecule has 0 aliphatic carbocycles. The first kappa shape index (κ1) is 12.9. The molecule has 0 fully saturated rings. The monoisotopic (exact) mass is 285 g/mol. The number of hydrogen-bond acceptors (Lipinski definition) is 3. The van der Waals surface area contributed by atoms with E-state index in [2.05, 4.69) is 0 Å². The van der Waals surface area contributed by atoms with E-state index in [0.29, 0.717) is 15.9 Å². The second kappa shape index (κ2) is 5.00. The Balaban J connectivity index is 2.61. The van der Waals surface area contributed by atoms with E-state index in [1.807, 2.05) is 0 Å². The van der Waals surface area contributed by atoms with Crippen LogP contribution in [0.5, 0.6) is 0 Å². The highest BCUT2D eigenvalue weighted by Gasteiger charge is 2.15. The number of hydrogen-bond donors (Lipinski definition) is 0. The second-order valence-electron chi connectivity index (χ2n) is 3.62. The molecule has 0 spiro atoms. The SMILES string of the molecule is CCC(=O)On1cc(C(=O)Cl)c2cc(Cl)ccc21. The maximum atomic E-state index is 11.3. The lowest BCUT2D eigenvalue weighted by atomic mass is 10.2. The molecule has 0 saturated carbocycles. The van der Waals surface area contributed by atoms with Gasteiger partial charge < -0.3 is 4.84 Å². The van der Waals surface area contributed by atoms with Crippen LogP contribution in [-0.2, 0) is 4.79 Å². The normalized spacial score (nSPS) is 10.6. The van der Waals surface area contributed by atoms with Crippen LogP contribution in [0.25, 0.3) is 10.9 Å². The minimum atomic E-state index is -0.631. The summed E-state index contributed by atoms with van der Waals surface area (Å²) in [7, 11) is 0. The minimum absolute atomic E-state index is 0.234. The highest BCUT2D eigenvalue weighted by molar-refractivity contribution is 6.68. The van der Waals surface area contributed by atoms with E-state index in [4.69, 9.17) is 28.0 Å². The third-order valence-electron chi connectivity index (χ3n) is 2.43. The first-order chi connectivity index (χ1) is 8.52. The third kappa shape index (κ3) is 2.35.